The molecule has 3 aromatic rings. The molecule has 1 amide bonds. The second-order valence-electron chi connectivity index (χ2n) is 8.28. The molecule has 1 atom stereocenters. The number of hydrogen-bond acceptors (Lipinski definition) is 4. The Labute approximate surface area is 198 Å². The molecule has 4 rings (SSSR count). The molecule has 11 heteroatoms. The van der Waals surface area contributed by atoms with Gasteiger partial charge >= 0.3 is 0 Å². The first-order chi connectivity index (χ1) is 15.6. The van der Waals surface area contributed by atoms with Crippen molar-refractivity contribution in [2.24, 2.45) is 11.7 Å². The third-order valence-corrected chi connectivity index (χ3v) is 7.93. The van der Waals surface area contributed by atoms with Crippen LogP contribution in [0.2, 0.25) is 0 Å². The molecule has 7 nitrogen and oxygen atoms in total. The number of carbonyl (C=O) groups excluding carboxylic acids is 1. The van der Waals surface area contributed by atoms with Gasteiger partial charge in [0.05, 0.1) is 16.6 Å². The summed E-state index contributed by atoms with van der Waals surface area (Å²) < 4.78 is 60.1. The van der Waals surface area contributed by atoms with E-state index in [2.05, 4.69) is 21.0 Å². The first kappa shape index (κ1) is 23.8. The quantitative estimate of drug-likeness (QED) is 0.451. The highest BCUT2D eigenvalue weighted by atomic mass is 79.9. The molecule has 0 unspecified atom stereocenters. The number of aromatic nitrogens is 2. The van der Waals surface area contributed by atoms with Gasteiger partial charge in [-0.15, -0.1) is 0 Å². The summed E-state index contributed by atoms with van der Waals surface area (Å²) in [6.45, 7) is 0.747. The van der Waals surface area contributed by atoms with E-state index in [0.29, 0.717) is 15.8 Å². The number of fused-ring (bicyclic) bond motifs is 1. The molecule has 1 aromatic heterocycles. The summed E-state index contributed by atoms with van der Waals surface area (Å²) in [6, 6.07) is 6.72. The van der Waals surface area contributed by atoms with Crippen LogP contribution in [-0.2, 0) is 27.3 Å². The average Bonchev–Trinajstić information content (AvgIpc) is 3.42. The van der Waals surface area contributed by atoms with Crippen LogP contribution in [0.1, 0.15) is 31.2 Å². The van der Waals surface area contributed by atoms with Gasteiger partial charge in [0.1, 0.15) is 0 Å². The number of rotatable bonds is 8. The first-order valence-corrected chi connectivity index (χ1v) is 12.8. The van der Waals surface area contributed by atoms with Crippen LogP contribution >= 0.6 is 15.9 Å². The van der Waals surface area contributed by atoms with Crippen molar-refractivity contribution in [3.05, 3.63) is 58.7 Å². The fourth-order valence-corrected chi connectivity index (χ4v) is 5.69. The molecule has 0 radical (unpaired) electrons. The van der Waals surface area contributed by atoms with E-state index >= 15 is 8.78 Å². The van der Waals surface area contributed by atoms with Gasteiger partial charge in [-0.25, -0.2) is 8.42 Å². The predicted octanol–water partition coefficient (Wildman–Crippen LogP) is 3.91. The minimum absolute atomic E-state index is 0.256. The number of primary amides is 1. The second-order valence-corrected chi connectivity index (χ2v) is 10.9. The molecule has 1 aliphatic rings. The number of sulfonamides is 1. The molecule has 3 N–H and O–H groups in total. The lowest BCUT2D eigenvalue weighted by atomic mass is 10.0. The van der Waals surface area contributed by atoms with Crippen LogP contribution in [0.15, 0.2) is 58.0 Å². The lowest BCUT2D eigenvalue weighted by Gasteiger charge is -2.25. The lowest BCUT2D eigenvalue weighted by Crippen LogP contribution is -2.53. The van der Waals surface area contributed by atoms with E-state index in [4.69, 9.17) is 5.73 Å². The summed E-state index contributed by atoms with van der Waals surface area (Å²) in [7, 11) is -4.49. The fraction of sp³-hybridized carbons (Fsp3) is 0.364. The monoisotopic (exact) mass is 540 g/mol. The Hall–Kier alpha value is -2.37. The van der Waals surface area contributed by atoms with E-state index in [0.717, 1.165) is 37.0 Å². The number of benzene rings is 2. The van der Waals surface area contributed by atoms with E-state index in [9.17, 15) is 13.2 Å². The predicted molar refractivity (Wildman–Crippen MR) is 123 cm³/mol. The van der Waals surface area contributed by atoms with Crippen LogP contribution in [0.25, 0.3) is 10.9 Å². The van der Waals surface area contributed by atoms with Gasteiger partial charge in [-0.05, 0) is 49.1 Å². The number of nitrogens with two attached hydrogens (primary N) is 1. The average molecular weight is 541 g/mol. The highest BCUT2D eigenvalue weighted by Gasteiger charge is 2.47. The van der Waals surface area contributed by atoms with Crippen molar-refractivity contribution in [1.82, 2.24) is 14.5 Å². The summed E-state index contributed by atoms with van der Waals surface area (Å²) in [5, 5.41) is 4.92. The number of amides is 1. The Kier molecular flexibility index (Phi) is 6.56. The zero-order valence-electron chi connectivity index (χ0n) is 17.5. The largest absolute Gasteiger partial charge is 0.368 e. The molecular formula is C22H23BrF2N4O3S. The van der Waals surface area contributed by atoms with Gasteiger partial charge in [-0.1, -0.05) is 40.9 Å². The summed E-state index contributed by atoms with van der Waals surface area (Å²) in [4.78, 5) is 11.6. The van der Waals surface area contributed by atoms with Crippen LogP contribution in [0.4, 0.5) is 8.78 Å². The van der Waals surface area contributed by atoms with Crippen molar-refractivity contribution >= 4 is 42.8 Å². The van der Waals surface area contributed by atoms with Crippen LogP contribution < -0.4 is 10.5 Å². The standard InChI is InChI=1S/C22H23BrF2N4O3S/c23-17-7-5-16(6-8-17)22(24,25)20(21(26)30)28-33(31,32)18-9-10-19-15(11-18)12-27-29(19)13-14-3-1-2-4-14/h5-12,14,20,28H,1-4,13H2,(H2,26,30)/t20-/m0/s1. The van der Waals surface area contributed by atoms with Gasteiger partial charge in [0.2, 0.25) is 15.9 Å². The molecule has 0 saturated heterocycles. The number of nitrogens with one attached hydrogen (secondary N) is 1. The maximum absolute atomic E-state index is 15.0. The van der Waals surface area contributed by atoms with Crippen molar-refractivity contribution in [2.45, 2.75) is 49.1 Å². The van der Waals surface area contributed by atoms with Gasteiger partial charge in [-0.3, -0.25) is 9.48 Å². The molecule has 1 heterocycles. The molecule has 0 spiro atoms. The topological polar surface area (TPSA) is 107 Å². The maximum Gasteiger partial charge on any atom is 0.298 e. The third kappa shape index (κ3) is 4.95. The summed E-state index contributed by atoms with van der Waals surface area (Å²) in [5.74, 6) is -4.82. The highest BCUT2D eigenvalue weighted by Crippen LogP contribution is 2.34. The number of alkyl halides is 2. The van der Waals surface area contributed by atoms with Crippen LogP contribution in [0.3, 0.4) is 0 Å². The van der Waals surface area contributed by atoms with E-state index in [1.807, 2.05) is 4.68 Å². The Morgan fingerprint density at radius 2 is 1.88 bits per heavy atom. The zero-order valence-corrected chi connectivity index (χ0v) is 20.0. The van der Waals surface area contributed by atoms with E-state index < -0.39 is 33.5 Å². The smallest absolute Gasteiger partial charge is 0.298 e. The van der Waals surface area contributed by atoms with E-state index in [-0.39, 0.29) is 4.90 Å². The molecule has 1 aliphatic carbocycles. The van der Waals surface area contributed by atoms with Crippen molar-refractivity contribution in [2.75, 3.05) is 0 Å². The molecule has 1 saturated carbocycles. The van der Waals surface area contributed by atoms with Gasteiger partial charge in [0.15, 0.2) is 6.04 Å². The Morgan fingerprint density at radius 1 is 1.21 bits per heavy atom. The van der Waals surface area contributed by atoms with Gasteiger partial charge < -0.3 is 5.73 Å². The van der Waals surface area contributed by atoms with Crippen LogP contribution in [0.5, 0.6) is 0 Å². The molecule has 1 fully saturated rings. The minimum atomic E-state index is -4.49. The Balaban J connectivity index is 1.60. The second kappa shape index (κ2) is 9.11. The highest BCUT2D eigenvalue weighted by molar-refractivity contribution is 9.10. The summed E-state index contributed by atoms with van der Waals surface area (Å²) in [5.41, 5.74) is 5.39. The normalized spacial score (nSPS) is 16.3. The van der Waals surface area contributed by atoms with Crippen molar-refractivity contribution < 1.29 is 22.0 Å². The zero-order chi connectivity index (χ0) is 23.8. The summed E-state index contributed by atoms with van der Waals surface area (Å²) in [6.07, 6.45) is 6.22. The minimum Gasteiger partial charge on any atom is -0.368 e. The number of carbonyl (C=O) groups is 1. The number of halogens is 3. The molecule has 0 aliphatic heterocycles. The first-order valence-electron chi connectivity index (χ1n) is 10.5. The van der Waals surface area contributed by atoms with Gasteiger partial charge in [0, 0.05) is 22.0 Å². The number of hydrogen-bond donors (Lipinski definition) is 2. The molecule has 33 heavy (non-hydrogen) atoms. The lowest BCUT2D eigenvalue weighted by molar-refractivity contribution is -0.130. The summed E-state index contributed by atoms with van der Waals surface area (Å²) >= 11 is 3.15. The molecular weight excluding hydrogens is 518 g/mol. The van der Waals surface area contributed by atoms with Crippen LogP contribution in [0, 0.1) is 5.92 Å². The Bertz CT molecular complexity index is 1270. The number of nitrogens with zero attached hydrogens (tertiary/aromatic N) is 2. The van der Waals surface area contributed by atoms with Crippen molar-refractivity contribution in [3.63, 3.8) is 0 Å². The Morgan fingerprint density at radius 3 is 2.52 bits per heavy atom. The van der Waals surface area contributed by atoms with Crippen molar-refractivity contribution in [3.8, 4) is 0 Å². The molecule has 176 valence electrons. The third-order valence-electron chi connectivity index (χ3n) is 5.98. The van der Waals surface area contributed by atoms with Crippen LogP contribution in [-0.4, -0.2) is 30.1 Å². The van der Waals surface area contributed by atoms with Crippen molar-refractivity contribution in [1.29, 1.82) is 0 Å². The molecule has 0 bridgehead atoms. The SMILES string of the molecule is NC(=O)[C@H](NS(=O)(=O)c1ccc2c(cnn2CC2CCCC2)c1)C(F)(F)c1ccc(Br)cc1. The maximum atomic E-state index is 15.0. The van der Waals surface area contributed by atoms with Gasteiger partial charge in [0.25, 0.3) is 5.92 Å². The van der Waals surface area contributed by atoms with Gasteiger partial charge in [-0.2, -0.15) is 18.6 Å². The van der Waals surface area contributed by atoms with E-state index in [1.54, 1.807) is 17.0 Å². The fourth-order valence-electron chi connectivity index (χ4n) is 4.19. The molecule has 2 aromatic carbocycles. The van der Waals surface area contributed by atoms with E-state index in [1.165, 1.54) is 37.1 Å².